The number of anilines is 1. The zero-order valence-corrected chi connectivity index (χ0v) is 10.6. The number of benzene rings is 1. The van der Waals surface area contributed by atoms with Gasteiger partial charge in [-0.1, -0.05) is 23.9 Å². The van der Waals surface area contributed by atoms with E-state index in [1.54, 1.807) is 0 Å². The van der Waals surface area contributed by atoms with Crippen LogP contribution in [0.2, 0.25) is 0 Å². The number of amidine groups is 1. The van der Waals surface area contributed by atoms with E-state index < -0.39 is 0 Å². The van der Waals surface area contributed by atoms with Gasteiger partial charge < -0.3 is 4.90 Å². The Morgan fingerprint density at radius 1 is 1.31 bits per heavy atom. The Morgan fingerprint density at radius 2 is 1.94 bits per heavy atom. The van der Waals surface area contributed by atoms with E-state index in [-0.39, 0.29) is 0 Å². The van der Waals surface area contributed by atoms with Crippen LogP contribution < -0.4 is 4.90 Å². The molecule has 1 aromatic carbocycles. The summed E-state index contributed by atoms with van der Waals surface area (Å²) in [7, 11) is 4.02. The highest BCUT2D eigenvalue weighted by Crippen LogP contribution is 2.13. The van der Waals surface area contributed by atoms with Gasteiger partial charge >= 0.3 is 0 Å². The molecule has 0 saturated carbocycles. The molecule has 5 heteroatoms. The van der Waals surface area contributed by atoms with E-state index in [2.05, 4.69) is 27.1 Å². The molecule has 0 aliphatic carbocycles. The maximum absolute atomic E-state index is 6.88. The Morgan fingerprint density at radius 3 is 2.38 bits per heavy atom. The third kappa shape index (κ3) is 3.66. The molecular weight excluding hydrogens is 220 g/mol. The van der Waals surface area contributed by atoms with Crippen molar-refractivity contribution in [1.29, 1.82) is 5.53 Å². The van der Waals surface area contributed by atoms with Crippen molar-refractivity contribution in [3.63, 3.8) is 0 Å². The minimum absolute atomic E-state index is 0.511. The van der Waals surface area contributed by atoms with Gasteiger partial charge in [0, 0.05) is 19.8 Å². The molecular formula is C11H16N4S. The number of hydrogen-bond acceptors (Lipinski definition) is 4. The normalized spacial score (nSPS) is 11.3. The zero-order valence-electron chi connectivity index (χ0n) is 9.77. The Bertz CT molecular complexity index is 370. The summed E-state index contributed by atoms with van der Waals surface area (Å²) < 4.78 is 0. The van der Waals surface area contributed by atoms with Gasteiger partial charge in [0.1, 0.15) is 0 Å². The number of hydrogen-bond donors (Lipinski definition) is 1. The standard InChI is InChI=1S/C11H16N4S/c1-15(2)10-6-4-9(5-7-10)8-13-11(14-12)16-3/h4-7,12H,8H2,1-3H3. The van der Waals surface area contributed by atoms with Gasteiger partial charge in [-0.2, -0.15) is 0 Å². The summed E-state index contributed by atoms with van der Waals surface area (Å²) >= 11 is 1.38. The lowest BCUT2D eigenvalue weighted by Crippen LogP contribution is -2.08. The highest BCUT2D eigenvalue weighted by molar-refractivity contribution is 8.13. The summed E-state index contributed by atoms with van der Waals surface area (Å²) in [6.07, 6.45) is 1.87. The fourth-order valence-electron chi connectivity index (χ4n) is 1.20. The van der Waals surface area contributed by atoms with Gasteiger partial charge in [0.25, 0.3) is 0 Å². The highest BCUT2D eigenvalue weighted by Gasteiger charge is 1.97. The van der Waals surface area contributed by atoms with Crippen molar-refractivity contribution < 1.29 is 0 Å². The fraction of sp³-hybridized carbons (Fsp3) is 0.364. The molecule has 0 radical (unpaired) electrons. The highest BCUT2D eigenvalue weighted by atomic mass is 32.2. The summed E-state index contributed by atoms with van der Waals surface area (Å²) in [5, 5.41) is 3.83. The van der Waals surface area contributed by atoms with Crippen LogP contribution in [0.3, 0.4) is 0 Å². The van der Waals surface area contributed by atoms with Gasteiger partial charge in [-0.15, -0.1) is 5.11 Å². The summed E-state index contributed by atoms with van der Waals surface area (Å²) in [5.74, 6) is 0. The van der Waals surface area contributed by atoms with Crippen LogP contribution in [-0.2, 0) is 6.54 Å². The number of nitrogens with zero attached hydrogens (tertiary/aromatic N) is 3. The van der Waals surface area contributed by atoms with Crippen LogP contribution >= 0.6 is 11.8 Å². The van der Waals surface area contributed by atoms with Gasteiger partial charge in [-0.05, 0) is 24.0 Å². The summed E-state index contributed by atoms with van der Waals surface area (Å²) in [5.41, 5.74) is 9.18. The molecule has 0 heterocycles. The predicted molar refractivity (Wildman–Crippen MR) is 70.6 cm³/mol. The molecule has 1 aromatic rings. The van der Waals surface area contributed by atoms with Gasteiger partial charge in [0.2, 0.25) is 5.17 Å². The molecule has 0 aliphatic heterocycles. The first-order chi connectivity index (χ1) is 7.67. The van der Waals surface area contributed by atoms with Crippen LogP contribution in [0.5, 0.6) is 0 Å². The molecule has 1 N–H and O–H groups in total. The molecule has 0 fully saturated rings. The third-order valence-corrected chi connectivity index (χ3v) is 2.71. The van der Waals surface area contributed by atoms with E-state index >= 15 is 0 Å². The lowest BCUT2D eigenvalue weighted by Gasteiger charge is -2.12. The largest absolute Gasteiger partial charge is 0.378 e. The van der Waals surface area contributed by atoms with Gasteiger partial charge in [-0.25, -0.2) is 5.53 Å². The quantitative estimate of drug-likeness (QED) is 0.498. The van der Waals surface area contributed by atoms with Crippen molar-refractivity contribution in [3.8, 4) is 0 Å². The van der Waals surface area contributed by atoms with Crippen molar-refractivity contribution in [2.24, 2.45) is 10.1 Å². The van der Waals surface area contributed by atoms with Crippen LogP contribution in [0.15, 0.2) is 34.4 Å². The Balaban J connectivity index is 2.69. The van der Waals surface area contributed by atoms with Crippen molar-refractivity contribution >= 4 is 22.6 Å². The third-order valence-electron chi connectivity index (χ3n) is 2.13. The van der Waals surface area contributed by atoms with Crippen molar-refractivity contribution in [2.75, 3.05) is 25.3 Å². The van der Waals surface area contributed by atoms with Gasteiger partial charge in [0.05, 0.1) is 6.54 Å². The van der Waals surface area contributed by atoms with Crippen molar-refractivity contribution in [1.82, 2.24) is 0 Å². The van der Waals surface area contributed by atoms with E-state index in [0.717, 1.165) is 5.56 Å². The first-order valence-corrected chi connectivity index (χ1v) is 6.12. The molecule has 16 heavy (non-hydrogen) atoms. The Labute approximate surface area is 100 Å². The average Bonchev–Trinajstić information content (AvgIpc) is 2.31. The van der Waals surface area contributed by atoms with E-state index in [1.165, 1.54) is 17.4 Å². The number of aliphatic imine (C=N–C) groups is 1. The lowest BCUT2D eigenvalue weighted by atomic mass is 10.2. The first-order valence-electron chi connectivity index (χ1n) is 4.89. The van der Waals surface area contributed by atoms with Gasteiger partial charge in [-0.3, -0.25) is 4.99 Å². The molecule has 0 unspecified atom stereocenters. The SMILES string of the molecule is CSC(N=N)=NCc1ccc(N(C)C)cc1. The van der Waals surface area contributed by atoms with Crippen LogP contribution in [0.1, 0.15) is 5.56 Å². The molecule has 86 valence electrons. The second kappa shape index (κ2) is 6.27. The zero-order chi connectivity index (χ0) is 12.0. The topological polar surface area (TPSA) is 51.8 Å². The lowest BCUT2D eigenvalue weighted by molar-refractivity contribution is 1.05. The minimum Gasteiger partial charge on any atom is -0.378 e. The maximum atomic E-state index is 6.88. The van der Waals surface area contributed by atoms with Crippen molar-refractivity contribution in [2.45, 2.75) is 6.54 Å². The molecule has 4 nitrogen and oxygen atoms in total. The Hall–Kier alpha value is -1.36. The van der Waals surface area contributed by atoms with Crippen LogP contribution in [0.4, 0.5) is 5.69 Å². The molecule has 1 rings (SSSR count). The predicted octanol–water partition coefficient (Wildman–Crippen LogP) is 3.00. The van der Waals surface area contributed by atoms with E-state index in [0.29, 0.717) is 11.7 Å². The summed E-state index contributed by atoms with van der Waals surface area (Å²) in [6.45, 7) is 0.576. The van der Waals surface area contributed by atoms with Crippen molar-refractivity contribution in [3.05, 3.63) is 29.8 Å². The minimum atomic E-state index is 0.511. The second-order valence-electron chi connectivity index (χ2n) is 3.48. The maximum Gasteiger partial charge on any atom is 0.203 e. The van der Waals surface area contributed by atoms with E-state index in [4.69, 9.17) is 5.53 Å². The fourth-order valence-corrected chi connectivity index (χ4v) is 1.49. The molecule has 0 atom stereocenters. The first kappa shape index (κ1) is 12.7. The smallest absolute Gasteiger partial charge is 0.203 e. The second-order valence-corrected chi connectivity index (χ2v) is 4.25. The van der Waals surface area contributed by atoms with E-state index in [1.807, 2.05) is 32.5 Å². The van der Waals surface area contributed by atoms with Crippen LogP contribution in [-0.4, -0.2) is 25.5 Å². The molecule has 0 spiro atoms. The van der Waals surface area contributed by atoms with Gasteiger partial charge in [0.15, 0.2) is 0 Å². The molecule has 0 aromatic heterocycles. The number of thioether (sulfide) groups is 1. The summed E-state index contributed by atoms with van der Waals surface area (Å²) in [4.78, 5) is 6.27. The van der Waals surface area contributed by atoms with E-state index in [9.17, 15) is 0 Å². The summed E-state index contributed by atoms with van der Waals surface area (Å²) in [6, 6.07) is 8.20. The number of nitrogens with one attached hydrogen (secondary N) is 1. The molecule has 0 aliphatic rings. The number of rotatable bonds is 3. The molecule has 0 saturated heterocycles. The molecule has 0 bridgehead atoms. The monoisotopic (exact) mass is 236 g/mol. The Kier molecular flexibility index (Phi) is 4.98. The van der Waals surface area contributed by atoms with Crippen LogP contribution in [0, 0.1) is 5.53 Å². The molecule has 0 amide bonds. The van der Waals surface area contributed by atoms with Crippen LogP contribution in [0.25, 0.3) is 0 Å². The average molecular weight is 236 g/mol.